The summed E-state index contributed by atoms with van der Waals surface area (Å²) in [6.45, 7) is 1.41. The maximum absolute atomic E-state index is 12.6. The van der Waals surface area contributed by atoms with Crippen molar-refractivity contribution < 1.29 is 28.5 Å². The molecule has 0 fully saturated rings. The minimum absolute atomic E-state index is 0.0313. The molecule has 0 N–H and O–H groups in total. The average molecular weight is 354 g/mol. The Morgan fingerprint density at radius 3 is 2.54 bits per heavy atom. The first-order chi connectivity index (χ1) is 12.5. The number of ether oxygens (including phenoxy) is 4. The number of hydrogen-bond acceptors (Lipinski definition) is 6. The molecule has 0 radical (unpaired) electrons. The molecule has 2 aromatic rings. The van der Waals surface area contributed by atoms with Crippen molar-refractivity contribution in [1.82, 2.24) is 0 Å². The predicted molar refractivity (Wildman–Crippen MR) is 95.1 cm³/mol. The monoisotopic (exact) mass is 354 g/mol. The fraction of sp³-hybridized carbons (Fsp3) is 0.200. The Hall–Kier alpha value is -3.28. The van der Waals surface area contributed by atoms with Crippen LogP contribution in [0.1, 0.15) is 22.8 Å². The van der Waals surface area contributed by atoms with Gasteiger partial charge in [-0.2, -0.15) is 0 Å². The molecule has 2 aromatic carbocycles. The zero-order valence-corrected chi connectivity index (χ0v) is 14.7. The largest absolute Gasteiger partial charge is 0.497 e. The van der Waals surface area contributed by atoms with Crippen molar-refractivity contribution in [3.05, 3.63) is 53.3 Å². The van der Waals surface area contributed by atoms with Crippen LogP contribution in [0, 0.1) is 0 Å². The van der Waals surface area contributed by atoms with E-state index in [4.69, 9.17) is 18.9 Å². The van der Waals surface area contributed by atoms with Gasteiger partial charge in [0, 0.05) is 11.6 Å². The van der Waals surface area contributed by atoms with Crippen LogP contribution in [-0.2, 0) is 4.79 Å². The highest BCUT2D eigenvalue weighted by molar-refractivity contribution is 6.14. The Morgan fingerprint density at radius 2 is 1.85 bits per heavy atom. The van der Waals surface area contributed by atoms with Gasteiger partial charge in [0.15, 0.2) is 11.5 Å². The fourth-order valence-corrected chi connectivity index (χ4v) is 2.54. The van der Waals surface area contributed by atoms with E-state index in [0.29, 0.717) is 34.1 Å². The van der Waals surface area contributed by atoms with Crippen molar-refractivity contribution in [2.75, 3.05) is 20.8 Å². The van der Waals surface area contributed by atoms with Crippen molar-refractivity contribution in [2.45, 2.75) is 6.92 Å². The second kappa shape index (κ2) is 7.31. The van der Waals surface area contributed by atoms with Gasteiger partial charge in [0.05, 0.1) is 19.8 Å². The number of ketones is 2. The van der Waals surface area contributed by atoms with Crippen LogP contribution < -0.4 is 18.9 Å². The molecule has 1 heterocycles. The first kappa shape index (κ1) is 17.5. The molecule has 3 rings (SSSR count). The normalized spacial score (nSPS) is 14.0. The first-order valence-corrected chi connectivity index (χ1v) is 7.94. The quantitative estimate of drug-likeness (QED) is 0.742. The number of benzene rings is 2. The Kier molecular flexibility index (Phi) is 4.93. The minimum Gasteiger partial charge on any atom is -0.497 e. The summed E-state index contributed by atoms with van der Waals surface area (Å²) in [6, 6.07) is 10.1. The lowest BCUT2D eigenvalue weighted by Crippen LogP contribution is -2.06. The number of carbonyl (C=O) groups is 2. The van der Waals surface area contributed by atoms with Crippen LogP contribution in [0.5, 0.6) is 23.0 Å². The molecular weight excluding hydrogens is 336 g/mol. The first-order valence-electron chi connectivity index (χ1n) is 7.94. The highest BCUT2D eigenvalue weighted by Crippen LogP contribution is 2.36. The van der Waals surface area contributed by atoms with E-state index < -0.39 is 0 Å². The molecule has 1 aliphatic heterocycles. The summed E-state index contributed by atoms with van der Waals surface area (Å²) in [6.07, 6.45) is 1.61. The molecule has 26 heavy (non-hydrogen) atoms. The summed E-state index contributed by atoms with van der Waals surface area (Å²) in [4.78, 5) is 23.6. The van der Waals surface area contributed by atoms with Crippen LogP contribution in [0.15, 0.2) is 42.2 Å². The Morgan fingerprint density at radius 1 is 1.08 bits per heavy atom. The number of Topliss-reactive ketones (excluding diaryl/α,β-unsaturated/α-hetero) is 2. The SMILES string of the molecule is COc1ccc(OC)c(/C=C2\Oc3cc(OCC(C)=O)ccc3C2=O)c1. The highest BCUT2D eigenvalue weighted by Gasteiger charge is 2.28. The maximum Gasteiger partial charge on any atom is 0.231 e. The van der Waals surface area contributed by atoms with Gasteiger partial charge >= 0.3 is 0 Å². The van der Waals surface area contributed by atoms with E-state index in [-0.39, 0.29) is 23.9 Å². The summed E-state index contributed by atoms with van der Waals surface area (Å²) in [5, 5.41) is 0. The lowest BCUT2D eigenvalue weighted by molar-refractivity contribution is -0.118. The maximum atomic E-state index is 12.6. The van der Waals surface area contributed by atoms with Crippen LogP contribution in [0.2, 0.25) is 0 Å². The summed E-state index contributed by atoms with van der Waals surface area (Å²) in [7, 11) is 3.11. The van der Waals surface area contributed by atoms with E-state index in [1.165, 1.54) is 6.92 Å². The standard InChI is InChI=1S/C20H18O6/c1-12(21)11-25-15-4-6-16-18(10-15)26-19(20(16)22)9-13-8-14(23-2)5-7-17(13)24-3/h4-10H,11H2,1-3H3/b19-9-. The second-order valence-electron chi connectivity index (χ2n) is 5.70. The molecule has 0 atom stereocenters. The average Bonchev–Trinajstić information content (AvgIpc) is 2.95. The Labute approximate surface area is 150 Å². The summed E-state index contributed by atoms with van der Waals surface area (Å²) >= 11 is 0. The van der Waals surface area contributed by atoms with E-state index in [2.05, 4.69) is 0 Å². The number of carbonyl (C=O) groups excluding carboxylic acids is 2. The molecular formula is C20H18O6. The summed E-state index contributed by atoms with van der Waals surface area (Å²) in [5.41, 5.74) is 1.10. The summed E-state index contributed by atoms with van der Waals surface area (Å²) in [5.74, 6) is 1.94. The molecule has 0 unspecified atom stereocenters. The lowest BCUT2D eigenvalue weighted by Gasteiger charge is -2.08. The van der Waals surface area contributed by atoms with Crippen LogP contribution in [0.3, 0.4) is 0 Å². The van der Waals surface area contributed by atoms with E-state index >= 15 is 0 Å². The molecule has 0 saturated carbocycles. The Balaban J connectivity index is 1.90. The smallest absolute Gasteiger partial charge is 0.231 e. The number of hydrogen-bond donors (Lipinski definition) is 0. The topological polar surface area (TPSA) is 71.1 Å². The molecule has 6 nitrogen and oxygen atoms in total. The zero-order valence-electron chi connectivity index (χ0n) is 14.7. The number of fused-ring (bicyclic) bond motifs is 1. The van der Waals surface area contributed by atoms with Crippen molar-refractivity contribution in [1.29, 1.82) is 0 Å². The molecule has 0 spiro atoms. The molecule has 0 aromatic heterocycles. The summed E-state index contributed by atoms with van der Waals surface area (Å²) < 4.78 is 21.6. The molecule has 0 bridgehead atoms. The third-order valence-electron chi connectivity index (χ3n) is 3.81. The van der Waals surface area contributed by atoms with Crippen LogP contribution in [-0.4, -0.2) is 32.4 Å². The van der Waals surface area contributed by atoms with Crippen molar-refractivity contribution in [3.8, 4) is 23.0 Å². The van der Waals surface area contributed by atoms with Gasteiger partial charge in [-0.05, 0) is 43.3 Å². The van der Waals surface area contributed by atoms with Crippen LogP contribution >= 0.6 is 0 Å². The van der Waals surface area contributed by atoms with E-state index in [1.54, 1.807) is 56.7 Å². The van der Waals surface area contributed by atoms with Crippen molar-refractivity contribution >= 4 is 17.6 Å². The molecule has 134 valence electrons. The van der Waals surface area contributed by atoms with Crippen molar-refractivity contribution in [3.63, 3.8) is 0 Å². The molecule has 0 aliphatic carbocycles. The van der Waals surface area contributed by atoms with Gasteiger partial charge < -0.3 is 18.9 Å². The van der Waals surface area contributed by atoms with E-state index in [0.717, 1.165) is 0 Å². The van der Waals surface area contributed by atoms with Gasteiger partial charge in [0.25, 0.3) is 0 Å². The van der Waals surface area contributed by atoms with Gasteiger partial charge in [0.1, 0.15) is 29.6 Å². The Bertz CT molecular complexity index is 897. The van der Waals surface area contributed by atoms with Gasteiger partial charge in [-0.3, -0.25) is 9.59 Å². The van der Waals surface area contributed by atoms with Crippen LogP contribution in [0.25, 0.3) is 6.08 Å². The predicted octanol–water partition coefficient (Wildman–Crippen LogP) is 3.29. The zero-order chi connectivity index (χ0) is 18.7. The molecule has 1 aliphatic rings. The number of rotatable bonds is 6. The van der Waals surface area contributed by atoms with Gasteiger partial charge in [0.2, 0.25) is 5.78 Å². The molecule has 6 heteroatoms. The van der Waals surface area contributed by atoms with Gasteiger partial charge in [-0.25, -0.2) is 0 Å². The number of allylic oxidation sites excluding steroid dienone is 1. The molecule has 0 saturated heterocycles. The van der Waals surface area contributed by atoms with Crippen LogP contribution in [0.4, 0.5) is 0 Å². The van der Waals surface area contributed by atoms with Gasteiger partial charge in [-0.15, -0.1) is 0 Å². The second-order valence-corrected chi connectivity index (χ2v) is 5.70. The third-order valence-corrected chi connectivity index (χ3v) is 3.81. The highest BCUT2D eigenvalue weighted by atomic mass is 16.5. The number of methoxy groups -OCH3 is 2. The van der Waals surface area contributed by atoms with E-state index in [9.17, 15) is 9.59 Å². The van der Waals surface area contributed by atoms with Gasteiger partial charge in [-0.1, -0.05) is 0 Å². The minimum atomic E-state index is -0.233. The fourth-order valence-electron chi connectivity index (χ4n) is 2.54. The lowest BCUT2D eigenvalue weighted by atomic mass is 10.1. The van der Waals surface area contributed by atoms with Crippen molar-refractivity contribution in [2.24, 2.45) is 0 Å². The van der Waals surface area contributed by atoms with E-state index in [1.807, 2.05) is 0 Å². The third kappa shape index (κ3) is 3.54. The molecule has 0 amide bonds.